The molecule has 7 heteroatoms. The molecule has 112 valence electrons. The highest BCUT2D eigenvalue weighted by molar-refractivity contribution is 5.98. The second-order valence-corrected chi connectivity index (χ2v) is 4.87. The number of hydrogen-bond acceptors (Lipinski definition) is 5. The molecule has 0 unspecified atom stereocenters. The number of benzene rings is 1. The van der Waals surface area contributed by atoms with Gasteiger partial charge in [-0.25, -0.2) is 4.98 Å². The van der Waals surface area contributed by atoms with Gasteiger partial charge in [0, 0.05) is 25.6 Å². The van der Waals surface area contributed by atoms with Crippen LogP contribution >= 0.6 is 0 Å². The van der Waals surface area contributed by atoms with Gasteiger partial charge in [0.25, 0.3) is 5.69 Å². The number of pyridine rings is 1. The highest BCUT2D eigenvalue weighted by Crippen LogP contribution is 2.33. The smallest absolute Gasteiger partial charge is 0.274 e. The zero-order valence-electron chi connectivity index (χ0n) is 11.9. The average Bonchev–Trinajstić information content (AvgIpc) is 2.95. The van der Waals surface area contributed by atoms with Gasteiger partial charge in [0.1, 0.15) is 11.6 Å². The van der Waals surface area contributed by atoms with Crippen LogP contribution in [0.15, 0.2) is 36.5 Å². The molecule has 1 aliphatic heterocycles. The molecule has 0 saturated heterocycles. The summed E-state index contributed by atoms with van der Waals surface area (Å²) in [7, 11) is 0. The van der Waals surface area contributed by atoms with E-state index in [1.54, 1.807) is 12.1 Å². The number of nitrogens with zero attached hydrogens (tertiary/aromatic N) is 3. The van der Waals surface area contributed by atoms with Crippen molar-refractivity contribution in [3.05, 3.63) is 52.2 Å². The van der Waals surface area contributed by atoms with Crippen molar-refractivity contribution in [2.75, 3.05) is 11.5 Å². The summed E-state index contributed by atoms with van der Waals surface area (Å²) in [6, 6.07) is 7.96. The highest BCUT2D eigenvalue weighted by atomic mass is 16.6. The number of carbonyl (C=O) groups is 1. The number of aromatic nitrogens is 1. The van der Waals surface area contributed by atoms with E-state index in [0.29, 0.717) is 12.3 Å². The van der Waals surface area contributed by atoms with E-state index in [1.807, 2.05) is 6.07 Å². The predicted octanol–water partition coefficient (Wildman–Crippen LogP) is 2.61. The number of amides is 1. The lowest BCUT2D eigenvalue weighted by atomic mass is 10.1. The van der Waals surface area contributed by atoms with Crippen LogP contribution < -0.4 is 9.64 Å². The van der Waals surface area contributed by atoms with Crippen LogP contribution in [0.3, 0.4) is 0 Å². The first-order valence-corrected chi connectivity index (χ1v) is 6.73. The molecule has 1 aromatic heterocycles. The number of ether oxygens (including phenoxy) is 1. The highest BCUT2D eigenvalue weighted by Gasteiger charge is 2.21. The number of nitro groups is 1. The Labute approximate surface area is 126 Å². The van der Waals surface area contributed by atoms with E-state index in [-0.39, 0.29) is 17.4 Å². The van der Waals surface area contributed by atoms with Gasteiger partial charge >= 0.3 is 0 Å². The van der Waals surface area contributed by atoms with Gasteiger partial charge in [-0.2, -0.15) is 0 Å². The Bertz CT molecular complexity index is 760. The minimum atomic E-state index is -0.514. The minimum absolute atomic E-state index is 0.110. The van der Waals surface area contributed by atoms with Gasteiger partial charge in [-0.05, 0) is 23.8 Å². The quantitative estimate of drug-likeness (QED) is 0.642. The molecule has 0 fully saturated rings. The summed E-state index contributed by atoms with van der Waals surface area (Å²) in [5.41, 5.74) is 1.51. The van der Waals surface area contributed by atoms with Crippen LogP contribution in [-0.2, 0) is 11.2 Å². The lowest BCUT2D eigenvalue weighted by molar-refractivity contribution is -0.384. The number of hydrogen-bond donors (Lipinski definition) is 0. The van der Waals surface area contributed by atoms with E-state index in [1.165, 1.54) is 30.2 Å². The second-order valence-electron chi connectivity index (χ2n) is 4.87. The Morgan fingerprint density at radius 2 is 2.18 bits per heavy atom. The van der Waals surface area contributed by atoms with Crippen LogP contribution in [-0.4, -0.2) is 22.4 Å². The van der Waals surface area contributed by atoms with Crippen molar-refractivity contribution in [3.63, 3.8) is 0 Å². The zero-order valence-corrected chi connectivity index (χ0v) is 11.9. The summed E-state index contributed by atoms with van der Waals surface area (Å²) >= 11 is 0. The molecular weight excluding hydrogens is 286 g/mol. The van der Waals surface area contributed by atoms with Crippen molar-refractivity contribution >= 4 is 23.1 Å². The molecule has 0 aliphatic carbocycles. The molecular formula is C15H13N3O4. The van der Waals surface area contributed by atoms with Gasteiger partial charge < -0.3 is 4.74 Å². The maximum absolute atomic E-state index is 12.0. The molecule has 1 amide bonds. The van der Waals surface area contributed by atoms with Crippen LogP contribution in [0.2, 0.25) is 0 Å². The van der Waals surface area contributed by atoms with E-state index in [2.05, 4.69) is 4.98 Å². The summed E-state index contributed by atoms with van der Waals surface area (Å²) in [6.07, 6.45) is 2.09. The van der Waals surface area contributed by atoms with Gasteiger partial charge in [-0.15, -0.1) is 0 Å². The van der Waals surface area contributed by atoms with Crippen LogP contribution in [0.5, 0.6) is 5.75 Å². The Kier molecular flexibility index (Phi) is 3.46. The fourth-order valence-corrected chi connectivity index (χ4v) is 2.43. The maximum atomic E-state index is 12.0. The van der Waals surface area contributed by atoms with Crippen molar-refractivity contribution in [1.82, 2.24) is 4.98 Å². The van der Waals surface area contributed by atoms with Gasteiger partial charge in [0.2, 0.25) is 5.91 Å². The molecule has 0 atom stereocenters. The van der Waals surface area contributed by atoms with Gasteiger partial charge in [0.05, 0.1) is 23.3 Å². The lowest BCUT2D eigenvalue weighted by Gasteiger charge is -2.20. The monoisotopic (exact) mass is 299 g/mol. The standard InChI is InChI=1S/C15H13N3O4/c1-10(19)17(15-9-13(18(20)21)4-6-16-15)12-2-3-14-11(8-12)5-7-22-14/h2-4,6,8-9H,5,7H2,1H3. The molecule has 0 N–H and O–H groups in total. The van der Waals surface area contributed by atoms with E-state index in [0.717, 1.165) is 17.7 Å². The van der Waals surface area contributed by atoms with Crippen LogP contribution in [0.25, 0.3) is 0 Å². The van der Waals surface area contributed by atoms with E-state index >= 15 is 0 Å². The molecule has 0 spiro atoms. The van der Waals surface area contributed by atoms with Crippen LogP contribution in [0.1, 0.15) is 12.5 Å². The van der Waals surface area contributed by atoms with Crippen molar-refractivity contribution in [2.45, 2.75) is 13.3 Å². The SMILES string of the molecule is CC(=O)N(c1ccc2c(c1)CCO2)c1cc([N+](=O)[O-])ccn1. The fraction of sp³-hybridized carbons (Fsp3) is 0.200. The van der Waals surface area contributed by atoms with Gasteiger partial charge in [-0.3, -0.25) is 19.8 Å². The molecule has 22 heavy (non-hydrogen) atoms. The zero-order chi connectivity index (χ0) is 15.7. The van der Waals surface area contributed by atoms with Gasteiger partial charge in [0.15, 0.2) is 0 Å². The lowest BCUT2D eigenvalue weighted by Crippen LogP contribution is -2.23. The minimum Gasteiger partial charge on any atom is -0.493 e. The van der Waals surface area contributed by atoms with Crippen LogP contribution in [0, 0.1) is 10.1 Å². The summed E-state index contributed by atoms with van der Waals surface area (Å²) < 4.78 is 5.44. The first kappa shape index (κ1) is 14.0. The largest absolute Gasteiger partial charge is 0.493 e. The van der Waals surface area contributed by atoms with Crippen molar-refractivity contribution < 1.29 is 14.5 Å². The fourth-order valence-electron chi connectivity index (χ4n) is 2.43. The molecule has 2 heterocycles. The van der Waals surface area contributed by atoms with Gasteiger partial charge in [-0.1, -0.05) is 0 Å². The number of fused-ring (bicyclic) bond motifs is 1. The second kappa shape index (κ2) is 5.44. The summed E-state index contributed by atoms with van der Waals surface area (Å²) in [4.78, 5) is 27.8. The third-order valence-corrected chi connectivity index (χ3v) is 3.42. The van der Waals surface area contributed by atoms with E-state index < -0.39 is 4.92 Å². The average molecular weight is 299 g/mol. The third-order valence-electron chi connectivity index (χ3n) is 3.42. The van der Waals surface area contributed by atoms with E-state index in [9.17, 15) is 14.9 Å². The Morgan fingerprint density at radius 3 is 2.91 bits per heavy atom. The van der Waals surface area contributed by atoms with Crippen LogP contribution in [0.4, 0.5) is 17.2 Å². The Hall–Kier alpha value is -2.96. The van der Waals surface area contributed by atoms with Crippen molar-refractivity contribution in [3.8, 4) is 5.75 Å². The molecule has 2 aromatic rings. The predicted molar refractivity (Wildman–Crippen MR) is 79.4 cm³/mol. The Morgan fingerprint density at radius 1 is 1.36 bits per heavy atom. The van der Waals surface area contributed by atoms with E-state index in [4.69, 9.17) is 4.74 Å². The first-order valence-electron chi connectivity index (χ1n) is 6.73. The van der Waals surface area contributed by atoms with Crippen molar-refractivity contribution in [2.24, 2.45) is 0 Å². The summed E-state index contributed by atoms with van der Waals surface area (Å²) in [5.74, 6) is 0.756. The normalized spacial score (nSPS) is 12.4. The molecule has 0 bridgehead atoms. The molecule has 1 aromatic carbocycles. The maximum Gasteiger partial charge on any atom is 0.274 e. The number of carbonyl (C=O) groups excluding carboxylic acids is 1. The molecule has 0 saturated carbocycles. The first-order chi connectivity index (χ1) is 10.6. The summed E-state index contributed by atoms with van der Waals surface area (Å²) in [5, 5.41) is 10.9. The molecule has 3 rings (SSSR count). The topological polar surface area (TPSA) is 85.6 Å². The number of anilines is 2. The summed E-state index contributed by atoms with van der Waals surface area (Å²) in [6.45, 7) is 2.01. The van der Waals surface area contributed by atoms with Crippen molar-refractivity contribution in [1.29, 1.82) is 0 Å². The molecule has 1 aliphatic rings. The third kappa shape index (κ3) is 2.48. The molecule has 7 nitrogen and oxygen atoms in total. The number of rotatable bonds is 3. The molecule has 0 radical (unpaired) electrons. The Balaban J connectivity index is 2.05.